The van der Waals surface area contributed by atoms with E-state index in [-0.39, 0.29) is 41.3 Å². The zero-order valence-electron chi connectivity index (χ0n) is 18.8. The molecular weight excluding hydrogens is 529 g/mol. The molecule has 176 valence electrons. The van der Waals surface area contributed by atoms with Crippen molar-refractivity contribution in [3.63, 3.8) is 0 Å². The Morgan fingerprint density at radius 1 is 1.19 bits per heavy atom. The first-order chi connectivity index (χ1) is 14.0. The Hall–Kier alpha value is -1.40. The predicted molar refractivity (Wildman–Crippen MR) is 135 cm³/mol. The number of nitrogens with two attached hydrogens (primary N) is 1. The lowest BCUT2D eigenvalue weighted by Crippen LogP contribution is -2.48. The van der Waals surface area contributed by atoms with Crippen molar-refractivity contribution in [2.45, 2.75) is 51.0 Å². The maximum atomic E-state index is 12.0. The average Bonchev–Trinajstić information content (AvgIpc) is 2.63. The standard InChI is InChI=1S/C21H35N5O3S.HI/c1-16(2)12-21(10-5-11-21)15-25-20(24-14-19(27)26(3)4)23-13-17-6-8-18(9-7-17)30(22,28)29;/h6-9,16H,5,10-15H2,1-4H3,(H2,22,28,29)(H2,23,24,25);1H. The number of amides is 1. The number of primary sulfonamides is 1. The molecule has 0 radical (unpaired) electrons. The van der Waals surface area contributed by atoms with Crippen LogP contribution in [0.1, 0.15) is 45.1 Å². The molecule has 4 N–H and O–H groups in total. The van der Waals surface area contributed by atoms with Gasteiger partial charge in [0, 0.05) is 20.6 Å². The highest BCUT2D eigenvalue weighted by Crippen LogP contribution is 2.45. The van der Waals surface area contributed by atoms with Crippen LogP contribution in [-0.2, 0) is 21.4 Å². The summed E-state index contributed by atoms with van der Waals surface area (Å²) >= 11 is 0. The molecule has 1 fully saturated rings. The molecule has 0 atom stereocenters. The van der Waals surface area contributed by atoms with E-state index in [0.29, 0.717) is 23.8 Å². The van der Waals surface area contributed by atoms with Gasteiger partial charge in [-0.3, -0.25) is 4.79 Å². The van der Waals surface area contributed by atoms with Gasteiger partial charge in [-0.1, -0.05) is 32.4 Å². The Balaban J connectivity index is 0.00000480. The number of halogens is 1. The zero-order valence-corrected chi connectivity index (χ0v) is 22.0. The van der Waals surface area contributed by atoms with Gasteiger partial charge in [-0.05, 0) is 48.3 Å². The summed E-state index contributed by atoms with van der Waals surface area (Å²) in [6.07, 6.45) is 4.83. The van der Waals surface area contributed by atoms with E-state index < -0.39 is 10.0 Å². The fraction of sp³-hybridized carbons (Fsp3) is 0.619. The van der Waals surface area contributed by atoms with Gasteiger partial charge >= 0.3 is 0 Å². The summed E-state index contributed by atoms with van der Waals surface area (Å²) in [6.45, 7) is 5.81. The highest BCUT2D eigenvalue weighted by molar-refractivity contribution is 14.0. The summed E-state index contributed by atoms with van der Waals surface area (Å²) in [7, 11) is -0.280. The molecular formula is C21H36IN5O3S. The molecule has 1 amide bonds. The van der Waals surface area contributed by atoms with Gasteiger partial charge in [-0.25, -0.2) is 18.5 Å². The van der Waals surface area contributed by atoms with Crippen molar-refractivity contribution >= 4 is 45.9 Å². The van der Waals surface area contributed by atoms with E-state index in [9.17, 15) is 13.2 Å². The van der Waals surface area contributed by atoms with Gasteiger partial charge in [0.25, 0.3) is 0 Å². The summed E-state index contributed by atoms with van der Waals surface area (Å²) in [4.78, 5) is 18.2. The van der Waals surface area contributed by atoms with Crippen molar-refractivity contribution in [2.24, 2.45) is 21.5 Å². The number of benzene rings is 1. The van der Waals surface area contributed by atoms with E-state index in [1.807, 2.05) is 0 Å². The number of aliphatic imine (C=N–C) groups is 1. The summed E-state index contributed by atoms with van der Waals surface area (Å²) in [5.74, 6) is 1.17. The maximum Gasteiger partial charge on any atom is 0.241 e. The van der Waals surface area contributed by atoms with Gasteiger partial charge in [0.1, 0.15) is 0 Å². The van der Waals surface area contributed by atoms with Gasteiger partial charge in [-0.15, -0.1) is 24.0 Å². The quantitative estimate of drug-likeness (QED) is 0.242. The van der Waals surface area contributed by atoms with E-state index in [1.54, 1.807) is 26.2 Å². The van der Waals surface area contributed by atoms with Gasteiger partial charge in [0.05, 0.1) is 18.0 Å². The van der Waals surface area contributed by atoms with Crippen molar-refractivity contribution in [1.82, 2.24) is 15.5 Å². The molecule has 0 unspecified atom stereocenters. The predicted octanol–water partition coefficient (Wildman–Crippen LogP) is 2.29. The van der Waals surface area contributed by atoms with Crippen LogP contribution in [0.25, 0.3) is 0 Å². The number of hydrogen-bond acceptors (Lipinski definition) is 4. The van der Waals surface area contributed by atoms with Gasteiger partial charge < -0.3 is 15.5 Å². The van der Waals surface area contributed by atoms with Crippen LogP contribution in [0.5, 0.6) is 0 Å². The molecule has 10 heteroatoms. The summed E-state index contributed by atoms with van der Waals surface area (Å²) in [5.41, 5.74) is 1.14. The summed E-state index contributed by atoms with van der Waals surface area (Å²) < 4.78 is 22.8. The minimum atomic E-state index is -3.71. The first-order valence-corrected chi connectivity index (χ1v) is 11.9. The summed E-state index contributed by atoms with van der Waals surface area (Å²) in [6, 6.07) is 6.33. The second-order valence-corrected chi connectivity index (χ2v) is 10.4. The van der Waals surface area contributed by atoms with Crippen molar-refractivity contribution in [3.8, 4) is 0 Å². The van der Waals surface area contributed by atoms with E-state index in [1.165, 1.54) is 42.7 Å². The third kappa shape index (κ3) is 8.93. The molecule has 1 aliphatic rings. The smallest absolute Gasteiger partial charge is 0.241 e. The number of likely N-dealkylation sites (N-methyl/N-ethyl adjacent to an activating group) is 1. The van der Waals surface area contributed by atoms with Crippen molar-refractivity contribution in [3.05, 3.63) is 29.8 Å². The minimum absolute atomic E-state index is 0. The first kappa shape index (κ1) is 27.6. The molecule has 1 saturated carbocycles. The Bertz CT molecular complexity index is 850. The number of sulfonamides is 1. The minimum Gasteiger partial charge on any atom is -0.356 e. The topological polar surface area (TPSA) is 117 Å². The van der Waals surface area contributed by atoms with Crippen LogP contribution in [0.4, 0.5) is 0 Å². The molecule has 1 aliphatic carbocycles. The summed E-state index contributed by atoms with van der Waals surface area (Å²) in [5, 5.41) is 11.7. The van der Waals surface area contributed by atoms with E-state index in [4.69, 9.17) is 5.14 Å². The van der Waals surface area contributed by atoms with Crippen LogP contribution in [0, 0.1) is 11.3 Å². The number of guanidine groups is 1. The normalized spacial score (nSPS) is 15.6. The highest BCUT2D eigenvalue weighted by atomic mass is 127. The van der Waals surface area contributed by atoms with E-state index >= 15 is 0 Å². The van der Waals surface area contributed by atoms with Crippen molar-refractivity contribution in [2.75, 3.05) is 27.2 Å². The second-order valence-electron chi connectivity index (χ2n) is 8.80. The van der Waals surface area contributed by atoms with Gasteiger partial charge in [0.2, 0.25) is 15.9 Å². The lowest BCUT2D eigenvalue weighted by molar-refractivity contribution is -0.127. The van der Waals surface area contributed by atoms with Gasteiger partial charge in [0.15, 0.2) is 5.96 Å². The van der Waals surface area contributed by atoms with Crippen LogP contribution in [0.3, 0.4) is 0 Å². The third-order valence-electron chi connectivity index (χ3n) is 5.46. The highest BCUT2D eigenvalue weighted by Gasteiger charge is 2.37. The van der Waals surface area contributed by atoms with Crippen LogP contribution < -0.4 is 15.8 Å². The van der Waals surface area contributed by atoms with Crippen molar-refractivity contribution < 1.29 is 13.2 Å². The number of hydrogen-bond donors (Lipinski definition) is 3. The molecule has 0 saturated heterocycles. The molecule has 0 spiro atoms. The molecule has 31 heavy (non-hydrogen) atoms. The number of rotatable bonds is 9. The SMILES string of the molecule is CC(C)CC1(CNC(=NCc2ccc(S(N)(=O)=O)cc2)NCC(=O)N(C)C)CCC1.I. The molecule has 0 aromatic heterocycles. The Morgan fingerprint density at radius 3 is 2.26 bits per heavy atom. The first-order valence-electron chi connectivity index (χ1n) is 10.3. The van der Waals surface area contributed by atoms with Crippen molar-refractivity contribution in [1.29, 1.82) is 0 Å². The number of nitrogens with one attached hydrogen (secondary N) is 2. The Kier molecular flexibility index (Phi) is 10.7. The molecule has 1 aromatic carbocycles. The molecule has 0 aliphatic heterocycles. The van der Waals surface area contributed by atoms with Crippen LogP contribution in [0.15, 0.2) is 34.2 Å². The zero-order chi connectivity index (χ0) is 22.4. The van der Waals surface area contributed by atoms with E-state index in [0.717, 1.165) is 12.1 Å². The number of carbonyl (C=O) groups excluding carboxylic acids is 1. The lowest BCUT2D eigenvalue weighted by Gasteiger charge is -2.43. The second kappa shape index (κ2) is 12.0. The van der Waals surface area contributed by atoms with Gasteiger partial charge in [-0.2, -0.15) is 0 Å². The van der Waals surface area contributed by atoms with Crippen LogP contribution in [-0.4, -0.2) is 52.4 Å². The molecule has 0 bridgehead atoms. The molecule has 0 heterocycles. The molecule has 8 nitrogen and oxygen atoms in total. The number of carbonyl (C=O) groups is 1. The monoisotopic (exact) mass is 565 g/mol. The Morgan fingerprint density at radius 2 is 1.81 bits per heavy atom. The molecule has 2 rings (SSSR count). The van der Waals surface area contributed by atoms with E-state index in [2.05, 4.69) is 29.5 Å². The average molecular weight is 566 g/mol. The third-order valence-corrected chi connectivity index (χ3v) is 6.39. The maximum absolute atomic E-state index is 12.0. The lowest BCUT2D eigenvalue weighted by atomic mass is 9.64. The van der Waals surface area contributed by atoms with Crippen LogP contribution >= 0.6 is 24.0 Å². The molecule has 1 aromatic rings. The number of nitrogens with zero attached hydrogens (tertiary/aromatic N) is 2. The fourth-order valence-electron chi connectivity index (χ4n) is 3.71. The largest absolute Gasteiger partial charge is 0.356 e. The fourth-order valence-corrected chi connectivity index (χ4v) is 4.23. The Labute approximate surface area is 203 Å². The van der Waals surface area contributed by atoms with Crippen LogP contribution in [0.2, 0.25) is 0 Å².